The Kier molecular flexibility index (Phi) is 4.53. The van der Waals surface area contributed by atoms with Crippen LogP contribution in [0, 0.1) is 21.4 Å². The summed E-state index contributed by atoms with van der Waals surface area (Å²) in [5.41, 5.74) is 6.98. The fraction of sp³-hybridized carbons (Fsp3) is 0.500. The van der Waals surface area contributed by atoms with Crippen molar-refractivity contribution in [3.05, 3.63) is 33.9 Å². The molecular formula is C14H18N4O2. The average molecular weight is 274 g/mol. The minimum Gasteiger partial charge on any atom is -0.380 e. The van der Waals surface area contributed by atoms with E-state index in [4.69, 9.17) is 11.0 Å². The second kappa shape index (κ2) is 6.35. The van der Waals surface area contributed by atoms with E-state index in [2.05, 4.69) is 5.32 Å². The van der Waals surface area contributed by atoms with Crippen LogP contribution < -0.4 is 11.1 Å². The SMILES string of the molecule is N#Cc1cc([N+](=O)[O-])ccc1NC1CCCCCC1N. The fourth-order valence-electron chi connectivity index (χ4n) is 2.58. The van der Waals surface area contributed by atoms with E-state index < -0.39 is 4.92 Å². The zero-order valence-electron chi connectivity index (χ0n) is 11.2. The Balaban J connectivity index is 2.20. The quantitative estimate of drug-likeness (QED) is 0.500. The number of rotatable bonds is 3. The third-order valence-corrected chi connectivity index (χ3v) is 3.74. The van der Waals surface area contributed by atoms with Gasteiger partial charge in [-0.25, -0.2) is 0 Å². The summed E-state index contributed by atoms with van der Waals surface area (Å²) < 4.78 is 0. The second-order valence-corrected chi connectivity index (χ2v) is 5.15. The summed E-state index contributed by atoms with van der Waals surface area (Å²) in [5, 5.41) is 23.1. The van der Waals surface area contributed by atoms with Crippen LogP contribution >= 0.6 is 0 Å². The first-order valence-corrected chi connectivity index (χ1v) is 6.82. The molecule has 0 spiro atoms. The number of nitrogens with zero attached hydrogens (tertiary/aromatic N) is 2. The molecule has 1 aliphatic carbocycles. The number of nitriles is 1. The standard InChI is InChI=1S/C14H18N4O2/c15-9-10-8-11(18(19)20)6-7-13(10)17-14-5-3-1-2-4-12(14)16/h6-8,12,14,17H,1-5,16H2. The fourth-order valence-corrected chi connectivity index (χ4v) is 2.58. The molecule has 1 aliphatic rings. The third-order valence-electron chi connectivity index (χ3n) is 3.74. The number of benzene rings is 1. The zero-order chi connectivity index (χ0) is 14.5. The van der Waals surface area contributed by atoms with Gasteiger partial charge in [0.15, 0.2) is 0 Å². The maximum Gasteiger partial charge on any atom is 0.270 e. The molecule has 0 saturated heterocycles. The van der Waals surface area contributed by atoms with Crippen LogP contribution in [0.4, 0.5) is 11.4 Å². The molecule has 2 atom stereocenters. The van der Waals surface area contributed by atoms with Crippen LogP contribution in [-0.2, 0) is 0 Å². The Morgan fingerprint density at radius 2 is 2.10 bits per heavy atom. The number of nitro benzene ring substituents is 1. The highest BCUT2D eigenvalue weighted by molar-refractivity contribution is 5.61. The van der Waals surface area contributed by atoms with Crippen molar-refractivity contribution in [2.24, 2.45) is 5.73 Å². The molecule has 1 saturated carbocycles. The van der Waals surface area contributed by atoms with Gasteiger partial charge >= 0.3 is 0 Å². The minimum absolute atomic E-state index is 0.0548. The average Bonchev–Trinajstić information content (AvgIpc) is 2.64. The number of nitrogens with one attached hydrogen (secondary N) is 1. The maximum absolute atomic E-state index is 10.7. The number of nitrogens with two attached hydrogens (primary N) is 1. The molecule has 3 N–H and O–H groups in total. The van der Waals surface area contributed by atoms with E-state index in [1.165, 1.54) is 18.6 Å². The lowest BCUT2D eigenvalue weighted by molar-refractivity contribution is -0.384. The molecule has 1 aromatic rings. The molecule has 2 rings (SSSR count). The number of anilines is 1. The Labute approximate surface area is 117 Å². The van der Waals surface area contributed by atoms with E-state index in [0.29, 0.717) is 5.69 Å². The molecule has 0 bridgehead atoms. The van der Waals surface area contributed by atoms with Crippen molar-refractivity contribution in [2.75, 3.05) is 5.32 Å². The summed E-state index contributed by atoms with van der Waals surface area (Å²) in [6.45, 7) is 0. The van der Waals surface area contributed by atoms with Gasteiger partial charge in [-0.1, -0.05) is 19.3 Å². The van der Waals surface area contributed by atoms with Gasteiger partial charge in [-0.15, -0.1) is 0 Å². The normalized spacial score (nSPS) is 22.6. The van der Waals surface area contributed by atoms with Crippen LogP contribution in [0.2, 0.25) is 0 Å². The lowest BCUT2D eigenvalue weighted by Crippen LogP contribution is -2.39. The number of non-ortho nitro benzene ring substituents is 1. The lowest BCUT2D eigenvalue weighted by Gasteiger charge is -2.24. The minimum atomic E-state index is -0.498. The monoisotopic (exact) mass is 274 g/mol. The summed E-state index contributed by atoms with van der Waals surface area (Å²) in [7, 11) is 0. The van der Waals surface area contributed by atoms with Gasteiger partial charge in [0.2, 0.25) is 0 Å². The number of nitro groups is 1. The first kappa shape index (κ1) is 14.3. The lowest BCUT2D eigenvalue weighted by atomic mass is 10.0. The van der Waals surface area contributed by atoms with E-state index in [0.717, 1.165) is 25.7 Å². The highest BCUT2D eigenvalue weighted by Crippen LogP contribution is 2.25. The summed E-state index contributed by atoms with van der Waals surface area (Å²) in [6.07, 6.45) is 5.34. The molecule has 6 heteroatoms. The van der Waals surface area contributed by atoms with E-state index in [1.54, 1.807) is 6.07 Å². The molecule has 2 unspecified atom stereocenters. The molecule has 0 aromatic heterocycles. The van der Waals surface area contributed by atoms with Gasteiger partial charge in [0.25, 0.3) is 5.69 Å². The van der Waals surface area contributed by atoms with Crippen LogP contribution in [-0.4, -0.2) is 17.0 Å². The zero-order valence-corrected chi connectivity index (χ0v) is 11.2. The Hall–Kier alpha value is -2.13. The Morgan fingerprint density at radius 1 is 1.35 bits per heavy atom. The number of hydrogen-bond acceptors (Lipinski definition) is 5. The van der Waals surface area contributed by atoms with Gasteiger partial charge in [0.1, 0.15) is 6.07 Å². The van der Waals surface area contributed by atoms with E-state index >= 15 is 0 Å². The maximum atomic E-state index is 10.7. The van der Waals surface area contributed by atoms with Crippen molar-refractivity contribution in [1.82, 2.24) is 0 Å². The molecule has 1 fully saturated rings. The van der Waals surface area contributed by atoms with E-state index in [-0.39, 0.29) is 23.3 Å². The highest BCUT2D eigenvalue weighted by Gasteiger charge is 2.21. The summed E-state index contributed by atoms with van der Waals surface area (Å²) in [6, 6.07) is 6.47. The van der Waals surface area contributed by atoms with E-state index in [1.807, 2.05) is 6.07 Å². The predicted octanol–water partition coefficient (Wildman–Crippen LogP) is 2.54. The largest absolute Gasteiger partial charge is 0.380 e. The van der Waals surface area contributed by atoms with Gasteiger partial charge in [-0.05, 0) is 18.9 Å². The first-order chi connectivity index (χ1) is 9.61. The predicted molar refractivity (Wildman–Crippen MR) is 76.3 cm³/mol. The topological polar surface area (TPSA) is 105 Å². The number of hydrogen-bond donors (Lipinski definition) is 2. The molecule has 1 aromatic carbocycles. The van der Waals surface area contributed by atoms with Crippen LogP contribution in [0.1, 0.15) is 37.7 Å². The summed E-state index contributed by atoms with van der Waals surface area (Å²) in [5.74, 6) is 0. The van der Waals surface area contributed by atoms with Crippen LogP contribution in [0.15, 0.2) is 18.2 Å². The van der Waals surface area contributed by atoms with Gasteiger partial charge in [-0.3, -0.25) is 10.1 Å². The van der Waals surface area contributed by atoms with E-state index in [9.17, 15) is 10.1 Å². The van der Waals surface area contributed by atoms with Gasteiger partial charge in [-0.2, -0.15) is 5.26 Å². The highest BCUT2D eigenvalue weighted by atomic mass is 16.6. The van der Waals surface area contributed by atoms with Gasteiger partial charge in [0, 0.05) is 24.2 Å². The van der Waals surface area contributed by atoms with Gasteiger partial charge in [0.05, 0.1) is 16.2 Å². The molecule has 20 heavy (non-hydrogen) atoms. The van der Waals surface area contributed by atoms with Crippen LogP contribution in [0.25, 0.3) is 0 Å². The van der Waals surface area contributed by atoms with Crippen molar-refractivity contribution in [1.29, 1.82) is 5.26 Å². The molecule has 0 heterocycles. The van der Waals surface area contributed by atoms with Crippen LogP contribution in [0.3, 0.4) is 0 Å². The molecule has 0 amide bonds. The van der Waals surface area contributed by atoms with Crippen molar-refractivity contribution in [3.63, 3.8) is 0 Å². The first-order valence-electron chi connectivity index (χ1n) is 6.82. The van der Waals surface area contributed by atoms with Crippen molar-refractivity contribution in [3.8, 4) is 6.07 Å². The van der Waals surface area contributed by atoms with Crippen LogP contribution in [0.5, 0.6) is 0 Å². The molecule has 106 valence electrons. The van der Waals surface area contributed by atoms with Crippen molar-refractivity contribution < 1.29 is 4.92 Å². The smallest absolute Gasteiger partial charge is 0.270 e. The Morgan fingerprint density at radius 3 is 2.80 bits per heavy atom. The van der Waals surface area contributed by atoms with Gasteiger partial charge < -0.3 is 11.1 Å². The molecule has 0 aliphatic heterocycles. The summed E-state index contributed by atoms with van der Waals surface area (Å²) >= 11 is 0. The molecular weight excluding hydrogens is 256 g/mol. The molecule has 6 nitrogen and oxygen atoms in total. The Bertz CT molecular complexity index is 538. The molecule has 0 radical (unpaired) electrons. The van der Waals surface area contributed by atoms with Crippen molar-refractivity contribution >= 4 is 11.4 Å². The second-order valence-electron chi connectivity index (χ2n) is 5.15. The summed E-state index contributed by atoms with van der Waals surface area (Å²) in [4.78, 5) is 10.2. The third kappa shape index (κ3) is 3.25. The van der Waals surface area contributed by atoms with Crippen molar-refractivity contribution in [2.45, 2.75) is 44.2 Å².